The zero-order valence-corrected chi connectivity index (χ0v) is 20.5. The number of ether oxygens (including phenoxy) is 2. The van der Waals surface area contributed by atoms with E-state index in [0.717, 1.165) is 53.5 Å². The first-order chi connectivity index (χ1) is 17.2. The highest BCUT2D eigenvalue weighted by atomic mass is 35.5. The summed E-state index contributed by atoms with van der Waals surface area (Å²) in [7, 11) is 0. The summed E-state index contributed by atoms with van der Waals surface area (Å²) in [6, 6.07) is 12.3. The first kappa shape index (κ1) is 24.0. The Kier molecular flexibility index (Phi) is 7.79. The summed E-state index contributed by atoms with van der Waals surface area (Å²) in [4.78, 5) is 7.04. The average Bonchev–Trinajstić information content (AvgIpc) is 3.05. The van der Waals surface area contributed by atoms with Crippen molar-refractivity contribution in [3.8, 4) is 5.88 Å². The Bertz CT molecular complexity index is 1140. The van der Waals surface area contributed by atoms with Crippen LogP contribution in [0, 0.1) is 0 Å². The first-order valence-corrected chi connectivity index (χ1v) is 12.7. The molecule has 1 atom stereocenters. The lowest BCUT2D eigenvalue weighted by Gasteiger charge is -2.32. The molecule has 0 spiro atoms. The van der Waals surface area contributed by atoms with Crippen LogP contribution >= 0.6 is 11.6 Å². The smallest absolute Gasteiger partial charge is 0.227 e. The van der Waals surface area contributed by atoms with Gasteiger partial charge in [-0.05, 0) is 85.8 Å². The van der Waals surface area contributed by atoms with Crippen molar-refractivity contribution in [1.82, 2.24) is 9.88 Å². The minimum absolute atomic E-state index is 0.0172. The molecule has 0 bridgehead atoms. The molecule has 1 N–H and O–H groups in total. The van der Waals surface area contributed by atoms with Crippen LogP contribution in [0.2, 0.25) is 5.02 Å². The number of hydrogen-bond donors (Lipinski definition) is 1. The molecule has 35 heavy (non-hydrogen) atoms. The van der Waals surface area contributed by atoms with Crippen LogP contribution in [0.25, 0.3) is 5.57 Å². The number of rotatable bonds is 7. The van der Waals surface area contributed by atoms with E-state index in [-0.39, 0.29) is 19.3 Å². The van der Waals surface area contributed by atoms with Crippen LogP contribution < -0.4 is 4.74 Å². The highest BCUT2D eigenvalue weighted by Crippen LogP contribution is 2.36. The number of benzene rings is 1. The van der Waals surface area contributed by atoms with E-state index in [1.165, 1.54) is 18.4 Å². The second kappa shape index (κ2) is 11.4. The number of piperidine rings is 1. The predicted octanol–water partition coefficient (Wildman–Crippen LogP) is 5.54. The molecular formula is C29H31ClN2O3. The van der Waals surface area contributed by atoms with Gasteiger partial charge in [0.05, 0.1) is 13.2 Å². The van der Waals surface area contributed by atoms with Crippen molar-refractivity contribution in [2.75, 3.05) is 32.8 Å². The Labute approximate surface area is 212 Å². The molecule has 3 heterocycles. The number of aromatic nitrogens is 1. The fourth-order valence-corrected chi connectivity index (χ4v) is 5.12. The molecule has 2 aromatic rings. The Hall–Kier alpha value is -2.70. The van der Waals surface area contributed by atoms with Crippen molar-refractivity contribution in [2.45, 2.75) is 31.3 Å². The highest BCUT2D eigenvalue weighted by molar-refractivity contribution is 6.30. The van der Waals surface area contributed by atoms with Gasteiger partial charge in [0.1, 0.15) is 11.9 Å². The summed E-state index contributed by atoms with van der Waals surface area (Å²) in [6.45, 7) is 3.48. The molecule has 0 amide bonds. The molecule has 182 valence electrons. The van der Waals surface area contributed by atoms with Gasteiger partial charge in [0.25, 0.3) is 0 Å². The van der Waals surface area contributed by atoms with Gasteiger partial charge in [-0.1, -0.05) is 42.0 Å². The lowest BCUT2D eigenvalue weighted by atomic mass is 9.89. The quantitative estimate of drug-likeness (QED) is 0.552. The molecule has 1 saturated heterocycles. The van der Waals surface area contributed by atoms with Gasteiger partial charge in [0.2, 0.25) is 5.88 Å². The zero-order valence-electron chi connectivity index (χ0n) is 19.8. The standard InChI is InChI=1S/C29H31ClN2O3/c30-24-10-8-21(9-11-24)22-12-16-32(17-13-22)15-3-4-23-20-26-27(34-19-18-33)6-1-7-28(26)35-29-25(23)5-2-14-31-29/h1-2,4-11,14,20,22,27,33H,3,12-13,15-19H2. The van der Waals surface area contributed by atoms with Gasteiger partial charge in [-0.2, -0.15) is 0 Å². The minimum atomic E-state index is -0.258. The SMILES string of the molecule is OCCOC1C=CC=C2Oc3ncccc3C(=CCCN3CCC(c4ccc(Cl)cc4)CC3)C=C21. The second-order valence-corrected chi connectivity index (χ2v) is 9.54. The van der Waals surface area contributed by atoms with Crippen LogP contribution in [0.4, 0.5) is 0 Å². The molecule has 1 aromatic carbocycles. The van der Waals surface area contributed by atoms with Crippen LogP contribution in [-0.4, -0.2) is 53.9 Å². The summed E-state index contributed by atoms with van der Waals surface area (Å²) in [5.41, 5.74) is 4.43. The third kappa shape index (κ3) is 5.76. The summed E-state index contributed by atoms with van der Waals surface area (Å²) in [5.74, 6) is 1.96. The maximum atomic E-state index is 9.23. The fraction of sp³-hybridized carbons (Fsp3) is 0.345. The highest BCUT2D eigenvalue weighted by Gasteiger charge is 2.26. The number of allylic oxidation sites excluding steroid dienone is 4. The Morgan fingerprint density at radius 2 is 2.00 bits per heavy atom. The van der Waals surface area contributed by atoms with Gasteiger partial charge in [-0.3, -0.25) is 0 Å². The van der Waals surface area contributed by atoms with E-state index < -0.39 is 0 Å². The van der Waals surface area contributed by atoms with Crippen molar-refractivity contribution in [3.63, 3.8) is 0 Å². The van der Waals surface area contributed by atoms with Crippen molar-refractivity contribution in [2.24, 2.45) is 0 Å². The van der Waals surface area contributed by atoms with Crippen LogP contribution in [0.3, 0.4) is 0 Å². The molecule has 1 aliphatic carbocycles. The molecule has 5 nitrogen and oxygen atoms in total. The van der Waals surface area contributed by atoms with Crippen LogP contribution in [0.1, 0.15) is 36.3 Å². The number of aliphatic hydroxyl groups is 1. The minimum Gasteiger partial charge on any atom is -0.438 e. The molecule has 2 aliphatic heterocycles. The number of fused-ring (bicyclic) bond motifs is 2. The molecule has 6 heteroatoms. The van der Waals surface area contributed by atoms with Crippen molar-refractivity contribution in [3.05, 3.63) is 100 Å². The Morgan fingerprint density at radius 1 is 1.17 bits per heavy atom. The Morgan fingerprint density at radius 3 is 2.80 bits per heavy atom. The maximum Gasteiger partial charge on any atom is 0.227 e. The van der Waals surface area contributed by atoms with Gasteiger partial charge < -0.3 is 19.5 Å². The number of halogens is 1. The Balaban J connectivity index is 1.27. The summed E-state index contributed by atoms with van der Waals surface area (Å²) >= 11 is 6.05. The number of aliphatic hydroxyl groups excluding tert-OH is 1. The molecule has 0 saturated carbocycles. The monoisotopic (exact) mass is 490 g/mol. The van der Waals surface area contributed by atoms with Crippen molar-refractivity contribution in [1.29, 1.82) is 0 Å². The molecule has 3 aliphatic rings. The number of hydrogen-bond acceptors (Lipinski definition) is 5. The molecule has 1 aromatic heterocycles. The van der Waals surface area contributed by atoms with E-state index in [9.17, 15) is 5.11 Å². The zero-order chi connectivity index (χ0) is 24.0. The predicted molar refractivity (Wildman–Crippen MR) is 139 cm³/mol. The lowest BCUT2D eigenvalue weighted by molar-refractivity contribution is 0.0705. The molecule has 1 fully saturated rings. The summed E-state index contributed by atoms with van der Waals surface area (Å²) in [5, 5.41) is 10.0. The normalized spacial score (nSPS) is 21.5. The van der Waals surface area contributed by atoms with E-state index >= 15 is 0 Å². The van der Waals surface area contributed by atoms with Crippen LogP contribution in [0.15, 0.2) is 84.3 Å². The van der Waals surface area contributed by atoms with Gasteiger partial charge in [0.15, 0.2) is 0 Å². The van der Waals surface area contributed by atoms with E-state index in [1.54, 1.807) is 6.20 Å². The van der Waals surface area contributed by atoms with E-state index in [4.69, 9.17) is 21.1 Å². The van der Waals surface area contributed by atoms with Crippen LogP contribution in [-0.2, 0) is 4.74 Å². The summed E-state index contributed by atoms with van der Waals surface area (Å²) in [6.07, 6.45) is 15.1. The van der Waals surface area contributed by atoms with Gasteiger partial charge in [-0.25, -0.2) is 4.98 Å². The topological polar surface area (TPSA) is 54.8 Å². The third-order valence-corrected chi connectivity index (χ3v) is 7.10. The molecule has 5 rings (SSSR count). The van der Waals surface area contributed by atoms with E-state index in [2.05, 4.69) is 40.2 Å². The third-order valence-electron chi connectivity index (χ3n) is 6.85. The molecular weight excluding hydrogens is 460 g/mol. The van der Waals surface area contributed by atoms with Gasteiger partial charge in [-0.15, -0.1) is 0 Å². The largest absolute Gasteiger partial charge is 0.438 e. The lowest BCUT2D eigenvalue weighted by Crippen LogP contribution is -2.33. The first-order valence-electron chi connectivity index (χ1n) is 12.4. The number of likely N-dealkylation sites (tertiary alicyclic amines) is 1. The molecule has 0 radical (unpaired) electrons. The number of nitrogens with zero attached hydrogens (tertiary/aromatic N) is 2. The summed E-state index contributed by atoms with van der Waals surface area (Å²) < 4.78 is 12.1. The van der Waals surface area contributed by atoms with Crippen molar-refractivity contribution >= 4 is 17.2 Å². The molecule has 1 unspecified atom stereocenters. The maximum absolute atomic E-state index is 9.23. The van der Waals surface area contributed by atoms with Gasteiger partial charge in [0, 0.05) is 28.9 Å². The van der Waals surface area contributed by atoms with E-state index in [0.29, 0.717) is 11.8 Å². The van der Waals surface area contributed by atoms with E-state index in [1.807, 2.05) is 36.4 Å². The second-order valence-electron chi connectivity index (χ2n) is 9.10. The van der Waals surface area contributed by atoms with Crippen LogP contribution in [0.5, 0.6) is 5.88 Å². The fourth-order valence-electron chi connectivity index (χ4n) is 4.99. The average molecular weight is 491 g/mol. The number of pyridine rings is 1. The van der Waals surface area contributed by atoms with Crippen molar-refractivity contribution < 1.29 is 14.6 Å². The van der Waals surface area contributed by atoms with Gasteiger partial charge >= 0.3 is 0 Å².